The molecular weight excluding hydrogens is 1030 g/mol. The maximum absolute atomic E-state index is 14.5. The summed E-state index contributed by atoms with van der Waals surface area (Å²) in [6, 6.07) is 7.07. The summed E-state index contributed by atoms with van der Waals surface area (Å²) >= 11 is 0. The Kier molecular flexibility index (Phi) is 26.2. The Bertz CT molecular complexity index is 2440. The number of nitrogens with zero attached hydrogens (tertiary/aromatic N) is 5. The maximum atomic E-state index is 14.5. The van der Waals surface area contributed by atoms with Gasteiger partial charge in [-0.3, -0.25) is 33.5 Å². The number of likely N-dealkylation sites (tertiary alicyclic amines) is 1. The molecule has 0 aliphatic carbocycles. The number of Topliss-reactive ketones (excluding diaryl/α,β-unsaturated/α-hetero) is 2. The number of amides is 3. The molecule has 0 bridgehead atoms. The summed E-state index contributed by atoms with van der Waals surface area (Å²) in [6.45, 7) is 10.8. The number of ketones is 2. The van der Waals surface area contributed by atoms with Crippen molar-refractivity contribution in [3.63, 3.8) is 0 Å². The van der Waals surface area contributed by atoms with Gasteiger partial charge in [-0.15, -0.1) is 0 Å². The molecule has 1 saturated heterocycles. The Balaban J connectivity index is 1.68. The van der Waals surface area contributed by atoms with E-state index in [4.69, 9.17) is 14.5 Å². The fraction of sp³-hybridized carbons (Fsp3) is 0.655. The average molecular weight is 1110 g/mol. The van der Waals surface area contributed by atoms with Gasteiger partial charge in [0.05, 0.1) is 36.5 Å². The summed E-state index contributed by atoms with van der Waals surface area (Å²) < 4.78 is 101. The number of methoxy groups -OCH3 is 2. The van der Waals surface area contributed by atoms with Crippen LogP contribution in [0, 0.1) is 53.9 Å². The number of hydrogen-bond donors (Lipinski definition) is 1. The number of likely N-dealkylation sites (N-methyl/N-ethyl adjacent to an activating group) is 1. The van der Waals surface area contributed by atoms with E-state index in [-0.39, 0.29) is 86.6 Å². The summed E-state index contributed by atoms with van der Waals surface area (Å²) in [5.74, 6) is -14.0. The van der Waals surface area contributed by atoms with E-state index in [1.54, 1.807) is 54.1 Å². The minimum Gasteiger partial charge on any atom is -0.420 e. The van der Waals surface area contributed by atoms with Crippen LogP contribution in [0.15, 0.2) is 35.3 Å². The highest BCUT2D eigenvalue weighted by Gasteiger charge is 2.43. The second-order valence-electron chi connectivity index (χ2n) is 20.9. The monoisotopic (exact) mass is 1110 g/mol. The topological polar surface area (TPSA) is 202 Å². The molecule has 2 aromatic rings. The molecule has 22 heteroatoms. The van der Waals surface area contributed by atoms with E-state index in [9.17, 15) is 54.7 Å². The lowest BCUT2D eigenvalue weighted by atomic mass is 9.85. The number of hydrogen-bond acceptors (Lipinski definition) is 12. The van der Waals surface area contributed by atoms with Gasteiger partial charge in [-0.25, -0.2) is 26.6 Å². The fourth-order valence-electron chi connectivity index (χ4n) is 9.81. The van der Waals surface area contributed by atoms with Gasteiger partial charge in [-0.2, -0.15) is 4.39 Å². The van der Waals surface area contributed by atoms with E-state index in [0.29, 0.717) is 37.3 Å². The Morgan fingerprint density at radius 2 is 1.44 bits per heavy atom. The van der Waals surface area contributed by atoms with Crippen LogP contribution < -0.4 is 9.46 Å². The first-order valence-electron chi connectivity index (χ1n) is 26.3. The van der Waals surface area contributed by atoms with Crippen molar-refractivity contribution in [2.75, 3.05) is 61.8 Å². The first kappa shape index (κ1) is 65.8. The van der Waals surface area contributed by atoms with E-state index in [1.165, 1.54) is 14.2 Å². The molecule has 0 radical (unpaired) electrons. The molecule has 3 amide bonds. The number of esters is 1. The van der Waals surface area contributed by atoms with Gasteiger partial charge in [-0.05, 0) is 62.8 Å². The molecule has 17 nitrogen and oxygen atoms in total. The zero-order valence-corrected chi connectivity index (χ0v) is 47.9. The molecule has 2 aromatic carbocycles. The van der Waals surface area contributed by atoms with Gasteiger partial charge >= 0.3 is 5.97 Å². The maximum Gasteiger partial charge on any atom is 0.311 e. The van der Waals surface area contributed by atoms with Crippen molar-refractivity contribution in [1.29, 1.82) is 0 Å². The van der Waals surface area contributed by atoms with Crippen LogP contribution in [-0.2, 0) is 54.7 Å². The van der Waals surface area contributed by atoms with Crippen molar-refractivity contribution >= 4 is 51.2 Å². The number of carbonyl (C=O) groups excluding carboxylic acids is 6. The largest absolute Gasteiger partial charge is 0.420 e. The Morgan fingerprint density at radius 1 is 0.818 bits per heavy atom. The number of guanidine groups is 1. The number of halogens is 4. The predicted molar refractivity (Wildman–Crippen MR) is 284 cm³/mol. The first-order valence-corrected chi connectivity index (χ1v) is 28.0. The van der Waals surface area contributed by atoms with Crippen molar-refractivity contribution in [3.05, 3.63) is 64.7 Å². The molecule has 8 atom stereocenters. The van der Waals surface area contributed by atoms with Crippen LogP contribution in [0.5, 0.6) is 5.75 Å². The molecular formula is C55H82F4N6O11S. The van der Waals surface area contributed by atoms with E-state index < -0.39 is 111 Å². The average Bonchev–Trinajstić information content (AvgIpc) is 3.87. The molecule has 1 fully saturated rings. The van der Waals surface area contributed by atoms with Gasteiger partial charge < -0.3 is 33.8 Å². The summed E-state index contributed by atoms with van der Waals surface area (Å²) in [5, 5.41) is 0. The van der Waals surface area contributed by atoms with Crippen molar-refractivity contribution in [2.24, 2.45) is 28.7 Å². The van der Waals surface area contributed by atoms with Crippen molar-refractivity contribution < 1.29 is 69.0 Å². The molecule has 0 spiro atoms. The smallest absolute Gasteiger partial charge is 0.311 e. The lowest BCUT2D eigenvalue weighted by Crippen LogP contribution is -2.55. The van der Waals surface area contributed by atoms with Crippen LogP contribution in [-0.4, -0.2) is 161 Å². The number of aliphatic imine (C=N–C) groups is 1. The molecule has 0 saturated carbocycles. The second-order valence-corrected chi connectivity index (χ2v) is 22.7. The molecule has 3 rings (SSSR count). The van der Waals surface area contributed by atoms with Crippen LogP contribution in [0.3, 0.4) is 0 Å². The number of benzene rings is 2. The SMILES string of the molecule is CC[C@H](C)[C@@H]([C@@H](CC(=O)N1CCC[C@H]1[C@H](OC)[C@@H](C)C(=O)C[C@@H](Cc1ccccc1)C(=O)NS(=O)(=O)CCCCC(=O)CCCC(=O)Oc1c(F)c(C)c(F)c(F)c1F)OC)N(C)C(=O)[C@@H](N=C(N(C)C)N(C)C)C(C)C. The number of nitrogens with one attached hydrogen (secondary N) is 1. The number of unbranched alkanes of at least 4 members (excludes halogenated alkanes) is 1. The number of carbonyl (C=O) groups is 6. The third-order valence-corrected chi connectivity index (χ3v) is 15.6. The normalized spacial score (nSPS) is 16.4. The molecule has 1 heterocycles. The van der Waals surface area contributed by atoms with Gasteiger partial charge in [0.15, 0.2) is 23.4 Å². The van der Waals surface area contributed by atoms with Crippen molar-refractivity contribution in [3.8, 4) is 5.75 Å². The minimum atomic E-state index is -4.26. The van der Waals surface area contributed by atoms with Gasteiger partial charge in [-0.1, -0.05) is 71.4 Å². The van der Waals surface area contributed by atoms with E-state index in [2.05, 4.69) is 9.46 Å². The van der Waals surface area contributed by atoms with E-state index >= 15 is 0 Å². The van der Waals surface area contributed by atoms with Crippen LogP contribution in [0.2, 0.25) is 0 Å². The predicted octanol–water partition coefficient (Wildman–Crippen LogP) is 7.05. The molecule has 0 aromatic heterocycles. The highest BCUT2D eigenvalue weighted by molar-refractivity contribution is 7.90. The standard InChI is InChI=1S/C55H82F4N6O11S/c1-14-34(4)50(64(11)54(71)49(33(2)3)60-55(62(7)8)63(9)10)42(74-12)32-43(68)65-28-21-26-40(65)51(75-13)35(5)41(67)31-38(30-37-22-16-15-17-23-37)53(70)61-77(72,73)29-19-18-24-39(66)25-20-27-44(69)76-52-46(57)36(6)45(56)47(58)48(52)59/h15-17,22-23,33-35,38,40,42,49-51H,14,18-21,24-32H2,1-13H3,(H,61,70)/t34-,35-,38+,40-,42+,49-,50-,51+/m0/s1. The Morgan fingerprint density at radius 3 is 2.01 bits per heavy atom. The molecule has 432 valence electrons. The van der Waals surface area contributed by atoms with E-state index in [0.717, 1.165) is 6.92 Å². The zero-order chi connectivity index (χ0) is 58.1. The first-order chi connectivity index (χ1) is 36.1. The molecule has 77 heavy (non-hydrogen) atoms. The summed E-state index contributed by atoms with van der Waals surface area (Å²) in [5.41, 5.74) is -0.195. The van der Waals surface area contributed by atoms with Gasteiger partial charge in [0, 0.05) is 99.1 Å². The van der Waals surface area contributed by atoms with Gasteiger partial charge in [0.25, 0.3) is 0 Å². The lowest BCUT2D eigenvalue weighted by molar-refractivity contribution is -0.146. The third kappa shape index (κ3) is 18.6. The van der Waals surface area contributed by atoms with Gasteiger partial charge in [0.2, 0.25) is 39.3 Å². The molecule has 1 aliphatic rings. The van der Waals surface area contributed by atoms with Crippen LogP contribution in [0.1, 0.15) is 116 Å². The Hall–Kier alpha value is -5.48. The van der Waals surface area contributed by atoms with Crippen LogP contribution >= 0.6 is 0 Å². The summed E-state index contributed by atoms with van der Waals surface area (Å²) in [7, 11) is 7.90. The van der Waals surface area contributed by atoms with Crippen LogP contribution in [0.4, 0.5) is 17.6 Å². The van der Waals surface area contributed by atoms with E-state index in [1.807, 2.05) is 65.7 Å². The molecule has 0 unspecified atom stereocenters. The number of sulfonamides is 1. The zero-order valence-electron chi connectivity index (χ0n) is 47.1. The fourth-order valence-corrected chi connectivity index (χ4v) is 11.0. The third-order valence-electron chi connectivity index (χ3n) is 14.3. The quantitative estimate of drug-likeness (QED) is 0.0122. The molecule has 1 aliphatic heterocycles. The highest BCUT2D eigenvalue weighted by atomic mass is 32.2. The number of rotatable bonds is 30. The lowest BCUT2D eigenvalue weighted by Gasteiger charge is -2.40. The molecule has 1 N–H and O–H groups in total. The minimum absolute atomic E-state index is 0.0299. The van der Waals surface area contributed by atoms with Gasteiger partial charge in [0.1, 0.15) is 17.6 Å². The van der Waals surface area contributed by atoms with Crippen molar-refractivity contribution in [2.45, 2.75) is 149 Å². The second kappa shape index (κ2) is 30.6. The highest BCUT2D eigenvalue weighted by Crippen LogP contribution is 2.32. The summed E-state index contributed by atoms with van der Waals surface area (Å²) in [6.07, 6.45) is -0.799. The van der Waals surface area contributed by atoms with Crippen LogP contribution in [0.25, 0.3) is 0 Å². The summed E-state index contributed by atoms with van der Waals surface area (Å²) in [4.78, 5) is 93.6. The number of ether oxygens (including phenoxy) is 3. The van der Waals surface area contributed by atoms with Crippen molar-refractivity contribution in [1.82, 2.24) is 24.3 Å². The Labute approximate surface area is 452 Å².